The lowest BCUT2D eigenvalue weighted by Gasteiger charge is -2.10. The zero-order chi connectivity index (χ0) is 14.7. The van der Waals surface area contributed by atoms with Gasteiger partial charge in [0.2, 0.25) is 0 Å². The summed E-state index contributed by atoms with van der Waals surface area (Å²) in [5.74, 6) is -0.692. The third-order valence-electron chi connectivity index (χ3n) is 3.05. The van der Waals surface area contributed by atoms with Crippen LogP contribution in [0.25, 0.3) is 0 Å². The summed E-state index contributed by atoms with van der Waals surface area (Å²) in [6.45, 7) is 3.52. The van der Waals surface area contributed by atoms with Crippen LogP contribution in [-0.2, 0) is 0 Å². The average molecular weight is 268 g/mol. The largest absolute Gasteiger partial charge is 0.322 e. The number of carbonyl (C=O) groups excluding carboxylic acids is 1. The Hall–Kier alpha value is -2.67. The maximum atomic E-state index is 13.0. The van der Waals surface area contributed by atoms with Crippen molar-refractivity contribution in [3.05, 3.63) is 64.5 Å². The molecule has 0 bridgehead atoms. The lowest BCUT2D eigenvalue weighted by atomic mass is 10.1. The van der Waals surface area contributed by atoms with Crippen molar-refractivity contribution in [3.63, 3.8) is 0 Å². The summed E-state index contributed by atoms with van der Waals surface area (Å²) in [5.41, 5.74) is 2.89. The monoisotopic (exact) mass is 268 g/mol. The summed E-state index contributed by atoms with van der Waals surface area (Å²) >= 11 is 0. The second-order valence-corrected chi connectivity index (χ2v) is 4.55. The molecule has 2 aromatic rings. The van der Waals surface area contributed by atoms with Gasteiger partial charge in [0.1, 0.15) is 5.82 Å². The number of hydrogen-bond acceptors (Lipinski definition) is 2. The van der Waals surface area contributed by atoms with E-state index in [2.05, 4.69) is 5.32 Å². The average Bonchev–Trinajstić information content (AvgIpc) is 2.41. The summed E-state index contributed by atoms with van der Waals surface area (Å²) in [6.07, 6.45) is 0. The van der Waals surface area contributed by atoms with Gasteiger partial charge >= 0.3 is 0 Å². The molecule has 0 saturated carbocycles. The van der Waals surface area contributed by atoms with E-state index in [1.165, 1.54) is 18.2 Å². The number of halogens is 1. The molecule has 2 rings (SSSR count). The number of anilines is 1. The van der Waals surface area contributed by atoms with Crippen LogP contribution in [0.2, 0.25) is 0 Å². The highest BCUT2D eigenvalue weighted by Gasteiger charge is 2.11. The van der Waals surface area contributed by atoms with Gasteiger partial charge in [0.25, 0.3) is 5.91 Å². The summed E-state index contributed by atoms with van der Waals surface area (Å²) in [4.78, 5) is 12.2. The minimum absolute atomic E-state index is 0.319. The molecule has 0 aliphatic rings. The molecular weight excluding hydrogens is 255 g/mol. The van der Waals surface area contributed by atoms with E-state index < -0.39 is 0 Å². The number of carbonyl (C=O) groups is 1. The van der Waals surface area contributed by atoms with Gasteiger partial charge in [-0.2, -0.15) is 5.26 Å². The van der Waals surface area contributed by atoms with Gasteiger partial charge in [0, 0.05) is 11.3 Å². The van der Waals surface area contributed by atoms with Gasteiger partial charge in [-0.05, 0) is 55.3 Å². The van der Waals surface area contributed by atoms with Crippen LogP contribution in [0.5, 0.6) is 0 Å². The Morgan fingerprint density at radius 2 is 1.90 bits per heavy atom. The van der Waals surface area contributed by atoms with Crippen molar-refractivity contribution in [1.82, 2.24) is 0 Å². The van der Waals surface area contributed by atoms with Crippen molar-refractivity contribution in [2.45, 2.75) is 13.8 Å². The minimum atomic E-state index is -0.373. The lowest BCUT2D eigenvalue weighted by Crippen LogP contribution is -2.14. The maximum absolute atomic E-state index is 13.0. The standard InChI is InChI=1S/C16H13FN2O/c1-10-3-4-12(9-18)8-15(10)19-16(20)14-6-5-13(17)7-11(14)2/h3-8H,1-2H3,(H,19,20). The first kappa shape index (κ1) is 13.8. The highest BCUT2D eigenvalue weighted by atomic mass is 19.1. The molecule has 0 unspecified atom stereocenters. The molecule has 0 aromatic heterocycles. The molecule has 0 aliphatic heterocycles. The van der Waals surface area contributed by atoms with Crippen LogP contribution in [0.3, 0.4) is 0 Å². The van der Waals surface area contributed by atoms with Crippen molar-refractivity contribution in [3.8, 4) is 6.07 Å². The van der Waals surface area contributed by atoms with Crippen LogP contribution in [0.4, 0.5) is 10.1 Å². The van der Waals surface area contributed by atoms with E-state index in [1.54, 1.807) is 25.1 Å². The molecule has 2 aromatic carbocycles. The number of amides is 1. The van der Waals surface area contributed by atoms with E-state index in [0.717, 1.165) is 5.56 Å². The van der Waals surface area contributed by atoms with Crippen molar-refractivity contribution in [1.29, 1.82) is 5.26 Å². The number of nitriles is 1. The molecule has 4 heteroatoms. The third-order valence-corrected chi connectivity index (χ3v) is 3.05. The molecule has 0 atom stereocenters. The molecule has 3 nitrogen and oxygen atoms in total. The van der Waals surface area contributed by atoms with Gasteiger partial charge in [0.05, 0.1) is 11.6 Å². The van der Waals surface area contributed by atoms with Crippen molar-refractivity contribution in [2.75, 3.05) is 5.32 Å². The smallest absolute Gasteiger partial charge is 0.255 e. The first-order valence-corrected chi connectivity index (χ1v) is 6.09. The number of nitrogens with zero attached hydrogens (tertiary/aromatic N) is 1. The Labute approximate surface area is 116 Å². The molecule has 0 radical (unpaired) electrons. The Bertz CT molecular complexity index is 717. The van der Waals surface area contributed by atoms with Gasteiger partial charge in [-0.15, -0.1) is 0 Å². The molecule has 100 valence electrons. The topological polar surface area (TPSA) is 52.9 Å². The van der Waals surface area contributed by atoms with Crippen LogP contribution in [0.15, 0.2) is 36.4 Å². The first-order chi connectivity index (χ1) is 9.51. The Kier molecular flexibility index (Phi) is 3.81. The van der Waals surface area contributed by atoms with E-state index in [4.69, 9.17) is 5.26 Å². The number of benzene rings is 2. The lowest BCUT2D eigenvalue weighted by molar-refractivity contribution is 0.102. The van der Waals surface area contributed by atoms with Gasteiger partial charge in [0.15, 0.2) is 0 Å². The van der Waals surface area contributed by atoms with E-state index in [-0.39, 0.29) is 11.7 Å². The molecule has 0 aliphatic carbocycles. The van der Waals surface area contributed by atoms with Crippen LogP contribution >= 0.6 is 0 Å². The quantitative estimate of drug-likeness (QED) is 0.905. The summed E-state index contributed by atoms with van der Waals surface area (Å²) in [5, 5.41) is 11.6. The van der Waals surface area contributed by atoms with Crippen LogP contribution in [0, 0.1) is 31.0 Å². The van der Waals surface area contributed by atoms with E-state index >= 15 is 0 Å². The Morgan fingerprint density at radius 1 is 1.15 bits per heavy atom. The minimum Gasteiger partial charge on any atom is -0.322 e. The predicted octanol–water partition coefficient (Wildman–Crippen LogP) is 3.57. The second kappa shape index (κ2) is 5.54. The van der Waals surface area contributed by atoms with Crippen LogP contribution in [0.1, 0.15) is 27.0 Å². The molecule has 1 amide bonds. The molecule has 1 N–H and O–H groups in total. The molecule has 0 fully saturated rings. The molecule has 0 spiro atoms. The zero-order valence-corrected chi connectivity index (χ0v) is 11.2. The van der Waals surface area contributed by atoms with Gasteiger partial charge in [-0.1, -0.05) is 6.07 Å². The number of hydrogen-bond donors (Lipinski definition) is 1. The van der Waals surface area contributed by atoms with Crippen molar-refractivity contribution >= 4 is 11.6 Å². The van der Waals surface area contributed by atoms with E-state index in [9.17, 15) is 9.18 Å². The van der Waals surface area contributed by atoms with Gasteiger partial charge in [-0.25, -0.2) is 4.39 Å². The summed E-state index contributed by atoms with van der Waals surface area (Å²) in [6, 6.07) is 11.1. The van der Waals surface area contributed by atoms with Gasteiger partial charge in [-0.3, -0.25) is 4.79 Å². The molecule has 0 saturated heterocycles. The fourth-order valence-corrected chi connectivity index (χ4v) is 1.90. The highest BCUT2D eigenvalue weighted by Crippen LogP contribution is 2.19. The number of aryl methyl sites for hydroxylation is 2. The normalized spacial score (nSPS) is 9.90. The fourth-order valence-electron chi connectivity index (χ4n) is 1.90. The summed E-state index contributed by atoms with van der Waals surface area (Å²) < 4.78 is 13.0. The number of rotatable bonds is 2. The number of nitrogens with one attached hydrogen (secondary N) is 1. The Balaban J connectivity index is 2.30. The molecular formula is C16H13FN2O. The third kappa shape index (κ3) is 2.83. The highest BCUT2D eigenvalue weighted by molar-refractivity contribution is 6.05. The van der Waals surface area contributed by atoms with Gasteiger partial charge < -0.3 is 5.32 Å². The predicted molar refractivity (Wildman–Crippen MR) is 75.0 cm³/mol. The van der Waals surface area contributed by atoms with Crippen LogP contribution < -0.4 is 5.32 Å². The second-order valence-electron chi connectivity index (χ2n) is 4.55. The molecule has 0 heterocycles. The van der Waals surface area contributed by atoms with E-state index in [1.807, 2.05) is 13.0 Å². The molecule has 20 heavy (non-hydrogen) atoms. The maximum Gasteiger partial charge on any atom is 0.255 e. The van der Waals surface area contributed by atoms with Crippen LogP contribution in [-0.4, -0.2) is 5.91 Å². The van der Waals surface area contributed by atoms with Crippen molar-refractivity contribution < 1.29 is 9.18 Å². The van der Waals surface area contributed by atoms with E-state index in [0.29, 0.717) is 22.4 Å². The Morgan fingerprint density at radius 3 is 2.55 bits per heavy atom. The summed E-state index contributed by atoms with van der Waals surface area (Å²) in [7, 11) is 0. The SMILES string of the molecule is Cc1ccc(C#N)cc1NC(=O)c1ccc(F)cc1C. The fraction of sp³-hybridized carbons (Fsp3) is 0.125. The van der Waals surface area contributed by atoms with Crippen molar-refractivity contribution in [2.24, 2.45) is 0 Å². The zero-order valence-electron chi connectivity index (χ0n) is 11.2. The first-order valence-electron chi connectivity index (χ1n) is 6.09.